The highest BCUT2D eigenvalue weighted by Crippen LogP contribution is 2.44. The Morgan fingerprint density at radius 1 is 1.40 bits per heavy atom. The molecule has 1 amide bonds. The Labute approximate surface area is 125 Å². The second-order valence-corrected chi connectivity index (χ2v) is 6.30. The summed E-state index contributed by atoms with van der Waals surface area (Å²) in [5.74, 6) is -0.868. The maximum Gasteiger partial charge on any atom is 0.309 e. The zero-order chi connectivity index (χ0) is 14.3. The molecule has 1 saturated carbocycles. The number of carbonyl (C=O) groups is 2. The molecule has 0 spiro atoms. The van der Waals surface area contributed by atoms with Crippen LogP contribution < -0.4 is 0 Å². The van der Waals surface area contributed by atoms with Gasteiger partial charge in [-0.05, 0) is 47.7 Å². The molecule has 1 aliphatic heterocycles. The normalized spacial score (nSPS) is 27.4. The molecule has 6 heteroatoms. The Bertz CT molecular complexity index is 537. The van der Waals surface area contributed by atoms with Gasteiger partial charge in [0.25, 0.3) is 0 Å². The lowest BCUT2D eigenvalue weighted by Crippen LogP contribution is -2.40. The zero-order valence-corrected chi connectivity index (χ0v) is 12.5. The van der Waals surface area contributed by atoms with Crippen LogP contribution in [0.3, 0.4) is 0 Å². The standard InChI is InChI=1S/C14H16BrNO4/c15-10-6-7-20-13(10)12-9(14(18)19)2-1-3-11(17)16(12)8-4-5-8/h6-9,12H,1-5H2,(H,18,19). The Balaban J connectivity index is 2.05. The van der Waals surface area contributed by atoms with E-state index in [1.165, 1.54) is 6.26 Å². The van der Waals surface area contributed by atoms with Gasteiger partial charge in [0.1, 0.15) is 11.8 Å². The van der Waals surface area contributed by atoms with Crippen molar-refractivity contribution < 1.29 is 19.1 Å². The molecule has 0 aromatic carbocycles. The number of rotatable bonds is 3. The van der Waals surface area contributed by atoms with Crippen LogP contribution in [0, 0.1) is 5.92 Å². The third-order valence-corrected chi connectivity index (χ3v) is 4.70. The first-order chi connectivity index (χ1) is 9.59. The molecule has 2 heterocycles. The number of nitrogens with zero attached hydrogens (tertiary/aromatic N) is 1. The van der Waals surface area contributed by atoms with Gasteiger partial charge in [0.2, 0.25) is 5.91 Å². The lowest BCUT2D eigenvalue weighted by Gasteiger charge is -2.32. The Morgan fingerprint density at radius 3 is 2.70 bits per heavy atom. The van der Waals surface area contributed by atoms with E-state index in [9.17, 15) is 14.7 Å². The van der Waals surface area contributed by atoms with E-state index in [2.05, 4.69) is 15.9 Å². The van der Waals surface area contributed by atoms with Gasteiger partial charge < -0.3 is 14.4 Å². The van der Waals surface area contributed by atoms with Crippen molar-refractivity contribution in [1.29, 1.82) is 0 Å². The van der Waals surface area contributed by atoms with Crippen molar-refractivity contribution in [2.75, 3.05) is 0 Å². The van der Waals surface area contributed by atoms with Crippen LogP contribution in [0.5, 0.6) is 0 Å². The number of furan rings is 1. The predicted molar refractivity (Wildman–Crippen MR) is 74.0 cm³/mol. The lowest BCUT2D eigenvalue weighted by molar-refractivity contribution is -0.146. The fourth-order valence-electron chi connectivity index (χ4n) is 2.98. The maximum absolute atomic E-state index is 12.4. The van der Waals surface area contributed by atoms with Crippen LogP contribution in [0.1, 0.15) is 43.9 Å². The molecular formula is C14H16BrNO4. The number of carboxylic acids is 1. The van der Waals surface area contributed by atoms with Crippen LogP contribution in [-0.4, -0.2) is 27.9 Å². The van der Waals surface area contributed by atoms with Gasteiger partial charge in [0, 0.05) is 12.5 Å². The molecule has 108 valence electrons. The minimum atomic E-state index is -0.862. The summed E-state index contributed by atoms with van der Waals surface area (Å²) < 4.78 is 6.22. The number of likely N-dealkylation sites (tertiary alicyclic amines) is 1. The summed E-state index contributed by atoms with van der Waals surface area (Å²) in [5.41, 5.74) is 0. The number of aliphatic carboxylic acids is 1. The molecule has 0 bridgehead atoms. The lowest BCUT2D eigenvalue weighted by atomic mass is 9.93. The average molecular weight is 342 g/mol. The number of hydrogen-bond acceptors (Lipinski definition) is 3. The molecule has 2 fully saturated rings. The highest BCUT2D eigenvalue weighted by atomic mass is 79.9. The fraction of sp³-hybridized carbons (Fsp3) is 0.571. The van der Waals surface area contributed by atoms with Crippen LogP contribution in [0.4, 0.5) is 0 Å². The summed E-state index contributed by atoms with van der Waals surface area (Å²) in [5, 5.41) is 9.53. The van der Waals surface area contributed by atoms with Gasteiger partial charge in [0.05, 0.1) is 16.7 Å². The summed E-state index contributed by atoms with van der Waals surface area (Å²) >= 11 is 3.40. The zero-order valence-electron chi connectivity index (χ0n) is 10.9. The van der Waals surface area contributed by atoms with Crippen molar-refractivity contribution in [2.24, 2.45) is 5.92 Å². The second kappa shape index (κ2) is 5.24. The third kappa shape index (κ3) is 2.37. The van der Waals surface area contributed by atoms with Gasteiger partial charge in [-0.2, -0.15) is 0 Å². The van der Waals surface area contributed by atoms with E-state index in [4.69, 9.17) is 4.42 Å². The van der Waals surface area contributed by atoms with Gasteiger partial charge >= 0.3 is 5.97 Å². The van der Waals surface area contributed by atoms with Crippen molar-refractivity contribution in [2.45, 2.75) is 44.2 Å². The highest BCUT2D eigenvalue weighted by molar-refractivity contribution is 9.10. The first-order valence-electron chi connectivity index (χ1n) is 6.86. The summed E-state index contributed by atoms with van der Waals surface area (Å²) in [6.07, 6.45) is 4.98. The third-order valence-electron chi connectivity index (χ3n) is 4.05. The van der Waals surface area contributed by atoms with Crippen molar-refractivity contribution in [3.05, 3.63) is 22.6 Å². The van der Waals surface area contributed by atoms with E-state index in [0.717, 1.165) is 17.3 Å². The highest BCUT2D eigenvalue weighted by Gasteiger charge is 2.46. The van der Waals surface area contributed by atoms with Crippen molar-refractivity contribution in [3.8, 4) is 0 Å². The van der Waals surface area contributed by atoms with Crippen molar-refractivity contribution >= 4 is 27.8 Å². The minimum Gasteiger partial charge on any atom is -0.481 e. The smallest absolute Gasteiger partial charge is 0.309 e. The first kappa shape index (κ1) is 13.7. The van der Waals surface area contributed by atoms with Gasteiger partial charge in [-0.3, -0.25) is 9.59 Å². The van der Waals surface area contributed by atoms with E-state index in [0.29, 0.717) is 25.0 Å². The van der Waals surface area contributed by atoms with Crippen molar-refractivity contribution in [3.63, 3.8) is 0 Å². The number of halogens is 1. The maximum atomic E-state index is 12.4. The van der Waals surface area contributed by atoms with E-state index >= 15 is 0 Å². The van der Waals surface area contributed by atoms with Crippen LogP contribution in [0.25, 0.3) is 0 Å². The Kier molecular flexibility index (Phi) is 3.58. The monoisotopic (exact) mass is 341 g/mol. The molecular weight excluding hydrogens is 326 g/mol. The molecule has 0 radical (unpaired) electrons. The van der Waals surface area contributed by atoms with Crippen LogP contribution >= 0.6 is 15.9 Å². The molecule has 3 rings (SSSR count). The molecule has 1 saturated heterocycles. The summed E-state index contributed by atoms with van der Waals surface area (Å²) in [6, 6.07) is 1.41. The largest absolute Gasteiger partial charge is 0.481 e. The minimum absolute atomic E-state index is 0.0459. The topological polar surface area (TPSA) is 70.8 Å². The summed E-state index contributed by atoms with van der Waals surface area (Å²) in [7, 11) is 0. The van der Waals surface area contributed by atoms with E-state index in [1.807, 2.05) is 0 Å². The second-order valence-electron chi connectivity index (χ2n) is 5.45. The van der Waals surface area contributed by atoms with Gasteiger partial charge in [-0.15, -0.1) is 0 Å². The summed E-state index contributed by atoms with van der Waals surface area (Å²) in [4.78, 5) is 25.7. The molecule has 20 heavy (non-hydrogen) atoms. The first-order valence-corrected chi connectivity index (χ1v) is 7.65. The number of hydrogen-bond donors (Lipinski definition) is 1. The predicted octanol–water partition coefficient (Wildman–Crippen LogP) is 2.96. The molecule has 5 nitrogen and oxygen atoms in total. The SMILES string of the molecule is O=C(O)C1CCCC(=O)N(C2CC2)C1c1occc1Br. The molecule has 1 aromatic heterocycles. The molecule has 2 atom stereocenters. The van der Waals surface area contributed by atoms with Crippen LogP contribution in [0.15, 0.2) is 21.2 Å². The molecule has 2 unspecified atom stereocenters. The van der Waals surface area contributed by atoms with Crippen molar-refractivity contribution in [1.82, 2.24) is 4.90 Å². The Hall–Kier alpha value is -1.30. The van der Waals surface area contributed by atoms with Gasteiger partial charge in [-0.1, -0.05) is 0 Å². The quantitative estimate of drug-likeness (QED) is 0.917. The van der Waals surface area contributed by atoms with E-state index < -0.39 is 17.9 Å². The summed E-state index contributed by atoms with van der Waals surface area (Å²) in [6.45, 7) is 0. The number of amides is 1. The number of carboxylic acid groups (broad SMARTS) is 1. The van der Waals surface area contributed by atoms with Crippen LogP contribution in [0.2, 0.25) is 0 Å². The number of carbonyl (C=O) groups excluding carboxylic acids is 1. The Morgan fingerprint density at radius 2 is 2.15 bits per heavy atom. The molecule has 2 aliphatic rings. The fourth-order valence-corrected chi connectivity index (χ4v) is 3.41. The van der Waals surface area contributed by atoms with Gasteiger partial charge in [0.15, 0.2) is 0 Å². The average Bonchev–Trinajstić information content (AvgIpc) is 3.15. The van der Waals surface area contributed by atoms with Crippen LogP contribution in [-0.2, 0) is 9.59 Å². The van der Waals surface area contributed by atoms with Gasteiger partial charge in [-0.25, -0.2) is 0 Å². The molecule has 1 aliphatic carbocycles. The molecule has 1 aromatic rings. The van der Waals surface area contributed by atoms with E-state index in [-0.39, 0.29) is 11.9 Å². The van der Waals surface area contributed by atoms with E-state index in [1.54, 1.807) is 11.0 Å². The molecule has 1 N–H and O–H groups in total.